The zero-order chi connectivity index (χ0) is 17.7. The molecule has 0 amide bonds. The summed E-state index contributed by atoms with van der Waals surface area (Å²) in [5.74, 6) is 0.745. The van der Waals surface area contributed by atoms with Gasteiger partial charge in [0.15, 0.2) is 0 Å². The smallest absolute Gasteiger partial charge is 0.262 e. The van der Waals surface area contributed by atoms with Crippen LogP contribution in [0.2, 0.25) is 0 Å². The minimum atomic E-state index is -3.64. The van der Waals surface area contributed by atoms with Gasteiger partial charge in [0.1, 0.15) is 5.82 Å². The highest BCUT2D eigenvalue weighted by Crippen LogP contribution is 2.24. The van der Waals surface area contributed by atoms with Crippen LogP contribution in [0.15, 0.2) is 35.4 Å². The van der Waals surface area contributed by atoms with Gasteiger partial charge in [-0.15, -0.1) is 0 Å². The first-order chi connectivity index (χ1) is 11.3. The fourth-order valence-electron chi connectivity index (χ4n) is 2.75. The zero-order valence-corrected chi connectivity index (χ0v) is 15.5. The minimum absolute atomic E-state index is 0.332. The third-order valence-corrected chi connectivity index (χ3v) is 5.41. The normalized spacial score (nSPS) is 11.3. The van der Waals surface area contributed by atoms with Crippen molar-refractivity contribution in [1.29, 1.82) is 0 Å². The number of hydrogen-bond donors (Lipinski definition) is 2. The fraction of sp³-hybridized carbons (Fsp3) is 0.389. The molecule has 1 aromatic carbocycles. The lowest BCUT2D eigenvalue weighted by molar-refractivity contribution is 0.600. The van der Waals surface area contributed by atoms with E-state index in [9.17, 15) is 8.42 Å². The molecule has 0 fully saturated rings. The molecular formula is C18H25N3O2S. The number of rotatable bonds is 7. The summed E-state index contributed by atoms with van der Waals surface area (Å²) in [6, 6.07) is 7.25. The molecule has 0 spiro atoms. The zero-order valence-electron chi connectivity index (χ0n) is 14.7. The summed E-state index contributed by atoms with van der Waals surface area (Å²) < 4.78 is 28.0. The van der Waals surface area contributed by atoms with E-state index in [0.717, 1.165) is 41.9 Å². The minimum Gasteiger partial charge on any atom is -0.370 e. The number of pyridine rings is 1. The van der Waals surface area contributed by atoms with Crippen molar-refractivity contribution in [2.24, 2.45) is 0 Å². The van der Waals surface area contributed by atoms with Crippen molar-refractivity contribution in [3.63, 3.8) is 0 Å². The Bertz CT molecular complexity index is 777. The number of anilines is 2. The lowest BCUT2D eigenvalue weighted by atomic mass is 10.1. The quantitative estimate of drug-likeness (QED) is 0.742. The molecule has 2 N–H and O–H groups in total. The topological polar surface area (TPSA) is 71.1 Å². The van der Waals surface area contributed by atoms with Crippen LogP contribution in [0.1, 0.15) is 36.5 Å². The second kappa shape index (κ2) is 7.66. The van der Waals surface area contributed by atoms with Crippen LogP contribution < -0.4 is 10.0 Å². The Labute approximate surface area is 144 Å². The predicted octanol–water partition coefficient (Wildman–Crippen LogP) is 4.02. The molecule has 6 heteroatoms. The van der Waals surface area contributed by atoms with E-state index in [-0.39, 0.29) is 0 Å². The molecule has 0 aliphatic rings. The highest BCUT2D eigenvalue weighted by molar-refractivity contribution is 7.92. The van der Waals surface area contributed by atoms with Crippen molar-refractivity contribution >= 4 is 21.5 Å². The van der Waals surface area contributed by atoms with Gasteiger partial charge in [0, 0.05) is 6.54 Å². The van der Waals surface area contributed by atoms with E-state index in [1.54, 1.807) is 12.1 Å². The molecule has 1 aromatic heterocycles. The van der Waals surface area contributed by atoms with E-state index < -0.39 is 10.0 Å². The maximum absolute atomic E-state index is 12.7. The molecular weight excluding hydrogens is 322 g/mol. The molecule has 0 atom stereocenters. The summed E-state index contributed by atoms with van der Waals surface area (Å²) >= 11 is 0. The number of sulfonamides is 1. The van der Waals surface area contributed by atoms with Crippen LogP contribution in [0.4, 0.5) is 11.5 Å². The van der Waals surface area contributed by atoms with E-state index >= 15 is 0 Å². The van der Waals surface area contributed by atoms with Gasteiger partial charge in [-0.05, 0) is 50.5 Å². The number of benzene rings is 1. The molecule has 2 aromatic rings. The maximum Gasteiger partial charge on any atom is 0.262 e. The molecule has 1 heterocycles. The SMILES string of the molecule is CCCCNc1ccc(NS(=O)(=O)c2c(C)cc(C)cc2C)cn1. The standard InChI is InChI=1S/C18H25N3O2S/c1-5-6-9-19-17-8-7-16(12-20-17)21-24(22,23)18-14(3)10-13(2)11-15(18)4/h7-8,10-12,21H,5-6,9H2,1-4H3,(H,19,20). The van der Waals surface area contributed by atoms with Crippen molar-refractivity contribution < 1.29 is 8.42 Å². The van der Waals surface area contributed by atoms with Gasteiger partial charge >= 0.3 is 0 Å². The second-order valence-electron chi connectivity index (χ2n) is 6.05. The van der Waals surface area contributed by atoms with Gasteiger partial charge in [-0.3, -0.25) is 4.72 Å². The Morgan fingerprint density at radius 2 is 1.75 bits per heavy atom. The van der Waals surface area contributed by atoms with Crippen LogP contribution in [0.5, 0.6) is 0 Å². The Morgan fingerprint density at radius 3 is 2.29 bits per heavy atom. The van der Waals surface area contributed by atoms with Crippen LogP contribution >= 0.6 is 0 Å². The van der Waals surface area contributed by atoms with Crippen LogP contribution in [0.25, 0.3) is 0 Å². The van der Waals surface area contributed by atoms with Crippen molar-refractivity contribution in [2.75, 3.05) is 16.6 Å². The van der Waals surface area contributed by atoms with E-state index in [4.69, 9.17) is 0 Å². The summed E-state index contributed by atoms with van der Waals surface area (Å²) in [5.41, 5.74) is 2.99. The number of unbranched alkanes of at least 4 members (excludes halogenated alkanes) is 1. The largest absolute Gasteiger partial charge is 0.370 e. The van der Waals surface area contributed by atoms with Crippen LogP contribution in [0.3, 0.4) is 0 Å². The summed E-state index contributed by atoms with van der Waals surface area (Å²) in [7, 11) is -3.64. The predicted molar refractivity (Wildman–Crippen MR) is 99.1 cm³/mol. The van der Waals surface area contributed by atoms with Crippen LogP contribution in [-0.4, -0.2) is 19.9 Å². The van der Waals surface area contributed by atoms with Gasteiger partial charge in [-0.25, -0.2) is 13.4 Å². The summed E-state index contributed by atoms with van der Waals surface area (Å²) in [6.07, 6.45) is 3.72. The lowest BCUT2D eigenvalue weighted by Gasteiger charge is -2.14. The number of aryl methyl sites for hydroxylation is 3. The highest BCUT2D eigenvalue weighted by Gasteiger charge is 2.20. The second-order valence-corrected chi connectivity index (χ2v) is 7.67. The van der Waals surface area contributed by atoms with Crippen molar-refractivity contribution in [2.45, 2.75) is 45.4 Å². The highest BCUT2D eigenvalue weighted by atomic mass is 32.2. The number of nitrogens with one attached hydrogen (secondary N) is 2. The molecule has 2 rings (SSSR count). The molecule has 0 saturated carbocycles. The Morgan fingerprint density at radius 1 is 1.08 bits per heavy atom. The summed E-state index contributed by atoms with van der Waals surface area (Å²) in [5, 5.41) is 3.20. The first-order valence-electron chi connectivity index (χ1n) is 8.14. The van der Waals surface area contributed by atoms with E-state index in [1.165, 1.54) is 6.20 Å². The monoisotopic (exact) mass is 347 g/mol. The Kier molecular flexibility index (Phi) is 5.83. The third-order valence-electron chi connectivity index (χ3n) is 3.73. The summed E-state index contributed by atoms with van der Waals surface area (Å²) in [4.78, 5) is 4.58. The molecule has 130 valence electrons. The molecule has 0 bridgehead atoms. The Balaban J connectivity index is 2.18. The maximum atomic E-state index is 12.7. The molecule has 0 radical (unpaired) electrons. The molecule has 0 aliphatic carbocycles. The Hall–Kier alpha value is -2.08. The van der Waals surface area contributed by atoms with Gasteiger partial charge in [-0.1, -0.05) is 31.0 Å². The molecule has 5 nitrogen and oxygen atoms in total. The van der Waals surface area contributed by atoms with Crippen molar-refractivity contribution in [1.82, 2.24) is 4.98 Å². The number of nitrogens with zero attached hydrogens (tertiary/aromatic N) is 1. The first-order valence-corrected chi connectivity index (χ1v) is 9.62. The van der Waals surface area contributed by atoms with Crippen LogP contribution in [-0.2, 0) is 10.0 Å². The van der Waals surface area contributed by atoms with Crippen molar-refractivity contribution in [3.05, 3.63) is 47.2 Å². The molecule has 0 unspecified atom stereocenters. The molecule has 0 aliphatic heterocycles. The van der Waals surface area contributed by atoms with Gasteiger partial charge in [0.05, 0.1) is 16.8 Å². The van der Waals surface area contributed by atoms with Gasteiger partial charge in [0.2, 0.25) is 0 Å². The van der Waals surface area contributed by atoms with Gasteiger partial charge < -0.3 is 5.32 Å². The average Bonchev–Trinajstić information content (AvgIpc) is 2.47. The van der Waals surface area contributed by atoms with E-state index in [0.29, 0.717) is 10.6 Å². The van der Waals surface area contributed by atoms with Gasteiger partial charge in [-0.2, -0.15) is 0 Å². The van der Waals surface area contributed by atoms with Crippen molar-refractivity contribution in [3.8, 4) is 0 Å². The molecule has 24 heavy (non-hydrogen) atoms. The molecule has 0 saturated heterocycles. The lowest BCUT2D eigenvalue weighted by Crippen LogP contribution is -2.16. The number of aromatic nitrogens is 1. The third kappa shape index (κ3) is 4.47. The fourth-order valence-corrected chi connectivity index (χ4v) is 4.25. The summed E-state index contributed by atoms with van der Waals surface area (Å²) in [6.45, 7) is 8.57. The van der Waals surface area contributed by atoms with Crippen LogP contribution in [0, 0.1) is 20.8 Å². The average molecular weight is 347 g/mol. The van der Waals surface area contributed by atoms with E-state index in [2.05, 4.69) is 21.9 Å². The van der Waals surface area contributed by atoms with Gasteiger partial charge in [0.25, 0.3) is 10.0 Å². The first kappa shape index (κ1) is 18.3. The number of hydrogen-bond acceptors (Lipinski definition) is 4. The van der Waals surface area contributed by atoms with E-state index in [1.807, 2.05) is 32.9 Å².